The summed E-state index contributed by atoms with van der Waals surface area (Å²) in [5.74, 6) is 1.64. The van der Waals surface area contributed by atoms with Crippen LogP contribution in [0.2, 0.25) is 0 Å². The number of nitrogens with zero attached hydrogens (tertiary/aromatic N) is 4. The highest BCUT2D eigenvalue weighted by molar-refractivity contribution is 6.34. The van der Waals surface area contributed by atoms with Gasteiger partial charge in [0.25, 0.3) is 0 Å². The molecule has 1 aromatic heterocycles. The molecule has 0 aliphatic heterocycles. The highest BCUT2D eigenvalue weighted by Crippen LogP contribution is 2.27. The van der Waals surface area contributed by atoms with Crippen molar-refractivity contribution >= 4 is 13.3 Å². The quantitative estimate of drug-likeness (QED) is 0.395. The first-order chi connectivity index (χ1) is 16.2. The molecule has 0 aliphatic rings. The molecule has 0 atom stereocenters. The van der Waals surface area contributed by atoms with Crippen LogP contribution in [0.4, 0.5) is 0 Å². The first-order valence-electron chi connectivity index (χ1n) is 10.7. The number of rotatable bonds is 4. The van der Waals surface area contributed by atoms with Gasteiger partial charge in [-0.25, -0.2) is 15.0 Å². The van der Waals surface area contributed by atoms with Crippen LogP contribution in [-0.4, -0.2) is 22.8 Å². The fourth-order valence-corrected chi connectivity index (χ4v) is 3.79. The zero-order valence-electron chi connectivity index (χ0n) is 18.1. The van der Waals surface area contributed by atoms with Crippen molar-refractivity contribution in [2.45, 2.75) is 0 Å². The summed E-state index contributed by atoms with van der Waals surface area (Å²) in [5.41, 5.74) is 6.25. The second-order valence-electron chi connectivity index (χ2n) is 7.72. The number of aromatic nitrogens is 3. The molecular formula is C28H19BN4. The van der Waals surface area contributed by atoms with Crippen LogP contribution in [0.3, 0.4) is 0 Å². The Morgan fingerprint density at radius 2 is 1.00 bits per heavy atom. The second-order valence-corrected chi connectivity index (χ2v) is 7.72. The van der Waals surface area contributed by atoms with Gasteiger partial charge in [0.1, 0.15) is 7.85 Å². The molecule has 0 amide bonds. The highest BCUT2D eigenvalue weighted by atomic mass is 15.0. The summed E-state index contributed by atoms with van der Waals surface area (Å²) in [6.45, 7) is 0. The van der Waals surface area contributed by atoms with Crippen molar-refractivity contribution in [2.75, 3.05) is 0 Å². The molecule has 1 heterocycles. The van der Waals surface area contributed by atoms with E-state index in [0.717, 1.165) is 27.7 Å². The Bertz CT molecular complexity index is 1460. The predicted molar refractivity (Wildman–Crippen MR) is 134 cm³/mol. The van der Waals surface area contributed by atoms with Gasteiger partial charge in [-0.1, -0.05) is 103 Å². The van der Waals surface area contributed by atoms with Crippen molar-refractivity contribution in [1.29, 1.82) is 5.26 Å². The lowest BCUT2D eigenvalue weighted by atomic mass is 9.88. The van der Waals surface area contributed by atoms with E-state index < -0.39 is 0 Å². The van der Waals surface area contributed by atoms with Gasteiger partial charge in [0, 0.05) is 16.7 Å². The summed E-state index contributed by atoms with van der Waals surface area (Å²) >= 11 is 0. The van der Waals surface area contributed by atoms with Crippen molar-refractivity contribution in [1.82, 2.24) is 15.0 Å². The summed E-state index contributed by atoms with van der Waals surface area (Å²) in [6.07, 6.45) is 0. The molecule has 4 nitrogen and oxygen atoms in total. The monoisotopic (exact) mass is 422 g/mol. The second kappa shape index (κ2) is 8.90. The Labute approximate surface area is 193 Å². The van der Waals surface area contributed by atoms with Gasteiger partial charge in [0.2, 0.25) is 0 Å². The molecule has 0 N–H and O–H groups in total. The SMILES string of the molecule is Bc1cccc(-c2nc(-c3ccccc3)nc(-c3ccc(-c4ccccc4)cc3)n2)c1C#N. The van der Waals surface area contributed by atoms with E-state index in [9.17, 15) is 5.26 Å². The van der Waals surface area contributed by atoms with Crippen molar-refractivity contribution in [3.63, 3.8) is 0 Å². The Morgan fingerprint density at radius 3 is 1.61 bits per heavy atom. The molecule has 4 aromatic carbocycles. The van der Waals surface area contributed by atoms with Gasteiger partial charge in [0.05, 0.1) is 11.6 Å². The standard InChI is InChI=1S/C28H19BN4/c29-25-13-7-12-23(24(25)18-30)28-32-26(21-10-5-2-6-11-21)31-27(33-28)22-16-14-20(15-17-22)19-8-3-1-4-9-19/h1-17H,29H2. The van der Waals surface area contributed by atoms with E-state index in [1.165, 1.54) is 0 Å². The molecular weight excluding hydrogens is 403 g/mol. The molecule has 5 heteroatoms. The fourth-order valence-electron chi connectivity index (χ4n) is 3.79. The number of benzene rings is 4. The van der Waals surface area contributed by atoms with Crippen LogP contribution in [0.15, 0.2) is 103 Å². The maximum absolute atomic E-state index is 9.75. The van der Waals surface area contributed by atoms with Crippen molar-refractivity contribution in [3.05, 3.63) is 109 Å². The Kier molecular flexibility index (Phi) is 5.49. The molecule has 5 aromatic rings. The first kappa shape index (κ1) is 20.4. The topological polar surface area (TPSA) is 62.5 Å². The Hall–Kier alpha value is -4.56. The van der Waals surface area contributed by atoms with Gasteiger partial charge in [-0.3, -0.25) is 0 Å². The summed E-state index contributed by atoms with van der Waals surface area (Å²) in [4.78, 5) is 14.3. The average molecular weight is 422 g/mol. The Balaban J connectivity index is 1.66. The summed E-state index contributed by atoms with van der Waals surface area (Å²) < 4.78 is 0. The van der Waals surface area contributed by atoms with E-state index in [1.807, 2.05) is 86.7 Å². The minimum absolute atomic E-state index is 0.492. The van der Waals surface area contributed by atoms with Crippen LogP contribution >= 0.6 is 0 Å². The third kappa shape index (κ3) is 4.15. The van der Waals surface area contributed by atoms with E-state index in [2.05, 4.69) is 30.3 Å². The molecule has 0 spiro atoms. The molecule has 0 aliphatic carbocycles. The maximum atomic E-state index is 9.75. The molecule has 154 valence electrons. The fraction of sp³-hybridized carbons (Fsp3) is 0. The lowest BCUT2D eigenvalue weighted by Gasteiger charge is -2.10. The predicted octanol–water partition coefficient (Wildman–Crippen LogP) is 4.67. The zero-order chi connectivity index (χ0) is 22.6. The van der Waals surface area contributed by atoms with E-state index in [-0.39, 0.29) is 0 Å². The molecule has 5 rings (SSSR count). The molecule has 0 saturated carbocycles. The van der Waals surface area contributed by atoms with Gasteiger partial charge in [0.15, 0.2) is 17.5 Å². The van der Waals surface area contributed by atoms with E-state index in [4.69, 9.17) is 15.0 Å². The van der Waals surface area contributed by atoms with E-state index >= 15 is 0 Å². The normalized spacial score (nSPS) is 10.5. The average Bonchev–Trinajstić information content (AvgIpc) is 2.89. The van der Waals surface area contributed by atoms with Crippen LogP contribution in [-0.2, 0) is 0 Å². The largest absolute Gasteiger partial charge is 0.208 e. The summed E-state index contributed by atoms with van der Waals surface area (Å²) in [5, 5.41) is 9.75. The van der Waals surface area contributed by atoms with Crippen LogP contribution in [0.25, 0.3) is 45.3 Å². The molecule has 0 radical (unpaired) electrons. The van der Waals surface area contributed by atoms with Gasteiger partial charge in [-0.05, 0) is 17.2 Å². The molecule has 0 fully saturated rings. The van der Waals surface area contributed by atoms with Crippen molar-refractivity contribution in [2.24, 2.45) is 0 Å². The summed E-state index contributed by atoms with van der Waals surface area (Å²) in [6, 6.07) is 36.3. The van der Waals surface area contributed by atoms with Crippen LogP contribution in [0.5, 0.6) is 0 Å². The molecule has 0 bridgehead atoms. The minimum atomic E-state index is 0.492. The van der Waals surface area contributed by atoms with Crippen LogP contribution < -0.4 is 5.46 Å². The lowest BCUT2D eigenvalue weighted by Crippen LogP contribution is -2.10. The van der Waals surface area contributed by atoms with Crippen LogP contribution in [0, 0.1) is 11.3 Å². The minimum Gasteiger partial charge on any atom is -0.208 e. The summed E-state index contributed by atoms with van der Waals surface area (Å²) in [7, 11) is 1.92. The van der Waals surface area contributed by atoms with Crippen molar-refractivity contribution < 1.29 is 0 Å². The van der Waals surface area contributed by atoms with E-state index in [1.54, 1.807) is 0 Å². The smallest absolute Gasteiger partial charge is 0.165 e. The molecule has 0 saturated heterocycles. The van der Waals surface area contributed by atoms with Gasteiger partial charge in [-0.2, -0.15) is 5.26 Å². The first-order valence-corrected chi connectivity index (χ1v) is 10.7. The third-order valence-corrected chi connectivity index (χ3v) is 5.54. The van der Waals surface area contributed by atoms with Crippen molar-refractivity contribution in [3.8, 4) is 51.4 Å². The maximum Gasteiger partial charge on any atom is 0.165 e. The lowest BCUT2D eigenvalue weighted by molar-refractivity contribution is 1.07. The van der Waals surface area contributed by atoms with E-state index in [0.29, 0.717) is 28.6 Å². The Morgan fingerprint density at radius 1 is 0.515 bits per heavy atom. The van der Waals surface area contributed by atoms with Gasteiger partial charge >= 0.3 is 0 Å². The highest BCUT2D eigenvalue weighted by Gasteiger charge is 2.15. The molecule has 33 heavy (non-hydrogen) atoms. The third-order valence-electron chi connectivity index (χ3n) is 5.54. The van der Waals surface area contributed by atoms with Gasteiger partial charge < -0.3 is 0 Å². The number of hydrogen-bond acceptors (Lipinski definition) is 4. The zero-order valence-corrected chi connectivity index (χ0v) is 18.1. The number of hydrogen-bond donors (Lipinski definition) is 0. The number of nitriles is 1. The van der Waals surface area contributed by atoms with Gasteiger partial charge in [-0.15, -0.1) is 0 Å². The van der Waals surface area contributed by atoms with Crippen LogP contribution in [0.1, 0.15) is 5.56 Å². The molecule has 0 unspecified atom stereocenters.